The van der Waals surface area contributed by atoms with Crippen LogP contribution in [0, 0.1) is 0 Å². The lowest BCUT2D eigenvalue weighted by molar-refractivity contribution is -0.125. The first kappa shape index (κ1) is 46.6. The molecule has 9 rings (SSSR count). The number of aromatic hydroxyl groups is 2. The van der Waals surface area contributed by atoms with Crippen molar-refractivity contribution in [2.45, 2.75) is 90.4 Å². The second-order valence-corrected chi connectivity index (χ2v) is 17.0. The Bertz CT molecular complexity index is 2890. The summed E-state index contributed by atoms with van der Waals surface area (Å²) in [5, 5.41) is 34.2. The van der Waals surface area contributed by atoms with Gasteiger partial charge in [0.25, 0.3) is 0 Å². The zero-order chi connectivity index (χ0) is 49.4. The summed E-state index contributed by atoms with van der Waals surface area (Å²) in [5.74, 6) is 0.129. The normalized spacial score (nSPS) is 22.4. The zero-order valence-electron chi connectivity index (χ0n) is 38.4. The standard InChI is InChI=1S/C50H49N5O15/c1-23(56)51-17-16-28-6-12-35-39(18-28)63-44(48(67-35)53-25(3)58)30-8-13-37-41(20-30)65-46(50(69-37)55-27(5)60)32-10-15-38-42(22-32)66-45(49(70-38)54-26(4)59)31-9-14-36-40(21-31)64-43(47(68-36)52-24(2)57)29-7-11-33(61)34(62)19-29/h6-15,18-22,43-50,61-62H,16-17H2,1-5H3,(H,51,56)(H,52,57)(H,53,58)(H,54,59)(H,55,60). The lowest BCUT2D eigenvalue weighted by Gasteiger charge is -2.38. The van der Waals surface area contributed by atoms with Crippen molar-refractivity contribution in [3.8, 4) is 57.5 Å². The van der Waals surface area contributed by atoms with Crippen molar-refractivity contribution in [2.24, 2.45) is 0 Å². The van der Waals surface area contributed by atoms with E-state index < -0.39 is 66.9 Å². The highest BCUT2D eigenvalue weighted by Crippen LogP contribution is 2.48. The van der Waals surface area contributed by atoms with Crippen molar-refractivity contribution in [2.75, 3.05) is 6.54 Å². The van der Waals surface area contributed by atoms with E-state index in [2.05, 4.69) is 26.6 Å². The van der Waals surface area contributed by atoms with Crippen LogP contribution in [0.1, 0.15) is 86.9 Å². The fourth-order valence-corrected chi connectivity index (χ4v) is 8.45. The Morgan fingerprint density at radius 3 is 1.06 bits per heavy atom. The number of phenolic OH excluding ortho intramolecular Hbond substituents is 2. The predicted octanol–water partition coefficient (Wildman–Crippen LogP) is 4.68. The summed E-state index contributed by atoms with van der Waals surface area (Å²) in [4.78, 5) is 61.2. The third kappa shape index (κ3) is 10.0. The molecule has 20 nitrogen and oxygen atoms in total. The molecule has 20 heteroatoms. The molecule has 5 amide bonds. The number of hydrogen-bond acceptors (Lipinski definition) is 15. The van der Waals surface area contributed by atoms with Crippen LogP contribution in [0.15, 0.2) is 91.0 Å². The number of carbonyl (C=O) groups is 5. The molecule has 4 aliphatic heterocycles. The first-order valence-electron chi connectivity index (χ1n) is 22.3. The van der Waals surface area contributed by atoms with Crippen LogP contribution in [0.5, 0.6) is 57.5 Å². The Labute approximate surface area is 400 Å². The molecule has 4 aliphatic rings. The molecule has 0 spiro atoms. The maximum absolute atomic E-state index is 12.6. The molecule has 8 unspecified atom stereocenters. The second-order valence-electron chi connectivity index (χ2n) is 17.0. The summed E-state index contributed by atoms with van der Waals surface area (Å²) < 4.78 is 51.4. The molecule has 364 valence electrons. The van der Waals surface area contributed by atoms with Gasteiger partial charge in [0.05, 0.1) is 0 Å². The van der Waals surface area contributed by atoms with E-state index >= 15 is 0 Å². The van der Waals surface area contributed by atoms with Crippen LogP contribution >= 0.6 is 0 Å². The topological polar surface area (TPSA) is 260 Å². The maximum atomic E-state index is 12.6. The van der Waals surface area contributed by atoms with Crippen molar-refractivity contribution >= 4 is 29.5 Å². The van der Waals surface area contributed by atoms with Crippen LogP contribution in [0.3, 0.4) is 0 Å². The molecular formula is C50H49N5O15. The first-order valence-corrected chi connectivity index (χ1v) is 22.3. The summed E-state index contributed by atoms with van der Waals surface area (Å²) in [6.45, 7) is 7.27. The van der Waals surface area contributed by atoms with Crippen LogP contribution in [-0.2, 0) is 30.4 Å². The number of hydrogen-bond donors (Lipinski definition) is 7. The van der Waals surface area contributed by atoms with Crippen LogP contribution in [0.25, 0.3) is 0 Å². The van der Waals surface area contributed by atoms with E-state index in [0.29, 0.717) is 58.2 Å². The Kier molecular flexibility index (Phi) is 12.8. The number of nitrogens with one attached hydrogen (secondary N) is 5. The van der Waals surface area contributed by atoms with E-state index in [1.54, 1.807) is 60.7 Å². The van der Waals surface area contributed by atoms with Gasteiger partial charge in [-0.05, 0) is 72.6 Å². The molecule has 0 aliphatic carbocycles. The largest absolute Gasteiger partial charge is 0.504 e. The highest BCUT2D eigenvalue weighted by atomic mass is 16.6. The number of phenols is 2. The smallest absolute Gasteiger partial charge is 0.219 e. The van der Waals surface area contributed by atoms with Crippen molar-refractivity contribution in [1.29, 1.82) is 0 Å². The minimum Gasteiger partial charge on any atom is -0.504 e. The van der Waals surface area contributed by atoms with E-state index in [9.17, 15) is 34.2 Å². The van der Waals surface area contributed by atoms with Gasteiger partial charge >= 0.3 is 0 Å². The lowest BCUT2D eigenvalue weighted by atomic mass is 10.0. The molecule has 5 aromatic rings. The van der Waals surface area contributed by atoms with Crippen LogP contribution in [-0.4, -0.2) is 71.2 Å². The maximum Gasteiger partial charge on any atom is 0.219 e. The van der Waals surface area contributed by atoms with Crippen molar-refractivity contribution in [3.63, 3.8) is 0 Å². The van der Waals surface area contributed by atoms with Gasteiger partial charge in [-0.2, -0.15) is 0 Å². The average Bonchev–Trinajstić information content (AvgIpc) is 3.30. The highest BCUT2D eigenvalue weighted by molar-refractivity contribution is 5.75. The Morgan fingerprint density at radius 1 is 0.386 bits per heavy atom. The predicted molar refractivity (Wildman–Crippen MR) is 244 cm³/mol. The highest BCUT2D eigenvalue weighted by Gasteiger charge is 2.41. The van der Waals surface area contributed by atoms with Gasteiger partial charge in [-0.15, -0.1) is 0 Å². The molecule has 0 radical (unpaired) electrons. The van der Waals surface area contributed by atoms with Gasteiger partial charge in [-0.1, -0.05) is 30.3 Å². The number of fused-ring (bicyclic) bond motifs is 4. The molecule has 8 atom stereocenters. The minimum absolute atomic E-state index is 0.138. The number of carbonyl (C=O) groups excluding carboxylic acids is 5. The summed E-state index contributed by atoms with van der Waals surface area (Å²) in [6, 6.07) is 24.7. The van der Waals surface area contributed by atoms with Gasteiger partial charge in [-0.3, -0.25) is 24.0 Å². The van der Waals surface area contributed by atoms with Gasteiger partial charge in [0.2, 0.25) is 54.4 Å². The molecule has 70 heavy (non-hydrogen) atoms. The SMILES string of the molecule is CC(=O)NCCc1ccc2c(c1)OC(c1ccc3c(c1)OC(c1ccc4c(c1)OC(c1ccc5c(c1)OC(c1ccc(O)c(O)c1)C(NC(C)=O)O5)C(NC(C)=O)O4)C(NC(C)=O)O3)C(NC(C)=O)O2. The fourth-order valence-electron chi connectivity index (χ4n) is 8.45. The zero-order valence-corrected chi connectivity index (χ0v) is 38.4. The Morgan fingerprint density at radius 2 is 0.714 bits per heavy atom. The fraction of sp³-hybridized carbons (Fsp3) is 0.300. The van der Waals surface area contributed by atoms with Crippen LogP contribution < -0.4 is 64.5 Å². The third-order valence-corrected chi connectivity index (χ3v) is 11.5. The van der Waals surface area contributed by atoms with Gasteiger partial charge in [0.1, 0.15) is 0 Å². The Hall–Kier alpha value is -8.55. The number of benzene rings is 5. The molecular weight excluding hydrogens is 911 g/mol. The van der Waals surface area contributed by atoms with E-state index in [1.165, 1.54) is 52.8 Å². The molecule has 7 N–H and O–H groups in total. The Balaban J connectivity index is 1.01. The van der Waals surface area contributed by atoms with E-state index in [1.807, 2.05) is 12.1 Å². The monoisotopic (exact) mass is 959 g/mol. The van der Waals surface area contributed by atoms with Gasteiger partial charge in [-0.25, -0.2) is 0 Å². The van der Waals surface area contributed by atoms with Gasteiger partial charge < -0.3 is 74.7 Å². The van der Waals surface area contributed by atoms with Crippen molar-refractivity contribution in [1.82, 2.24) is 26.6 Å². The number of ether oxygens (including phenoxy) is 8. The van der Waals surface area contributed by atoms with Crippen molar-refractivity contribution < 1.29 is 72.1 Å². The van der Waals surface area contributed by atoms with E-state index in [4.69, 9.17) is 37.9 Å². The van der Waals surface area contributed by atoms with E-state index in [0.717, 1.165) is 5.56 Å². The van der Waals surface area contributed by atoms with Gasteiger partial charge in [0.15, 0.2) is 81.9 Å². The summed E-state index contributed by atoms with van der Waals surface area (Å²) >= 11 is 0. The second kappa shape index (κ2) is 19.2. The summed E-state index contributed by atoms with van der Waals surface area (Å²) in [7, 11) is 0. The lowest BCUT2D eigenvalue weighted by Crippen LogP contribution is -2.47. The number of amides is 5. The minimum atomic E-state index is -1.03. The van der Waals surface area contributed by atoms with Crippen LogP contribution in [0.2, 0.25) is 0 Å². The molecule has 0 aromatic heterocycles. The third-order valence-electron chi connectivity index (χ3n) is 11.5. The average molecular weight is 960 g/mol. The summed E-state index contributed by atoms with van der Waals surface area (Å²) in [5.41, 5.74) is 2.86. The number of rotatable bonds is 11. The molecule has 4 heterocycles. The molecule has 0 saturated heterocycles. The molecule has 0 bridgehead atoms. The molecule has 0 saturated carbocycles. The molecule has 0 fully saturated rings. The van der Waals surface area contributed by atoms with Crippen molar-refractivity contribution in [3.05, 3.63) is 119 Å². The molecule has 5 aromatic carbocycles. The van der Waals surface area contributed by atoms with Gasteiger partial charge in [0, 0.05) is 63.4 Å². The quantitative estimate of drug-likeness (QED) is 0.0888. The van der Waals surface area contributed by atoms with Crippen LogP contribution in [0.4, 0.5) is 0 Å². The first-order chi connectivity index (χ1) is 33.5. The summed E-state index contributed by atoms with van der Waals surface area (Å²) in [6.07, 6.45) is -7.20. The van der Waals surface area contributed by atoms with E-state index in [-0.39, 0.29) is 46.5 Å².